The molecule has 0 aromatic heterocycles. The van der Waals surface area contributed by atoms with Gasteiger partial charge in [-0.2, -0.15) is 0 Å². The average molecular weight is 171 g/mol. The number of ether oxygens (including phenoxy) is 1. The Labute approximate surface area is 75.7 Å². The largest absolute Gasteiger partial charge is 0.383 e. The van der Waals surface area contributed by atoms with Crippen LogP contribution in [0.1, 0.15) is 26.7 Å². The molecule has 2 atom stereocenters. The summed E-state index contributed by atoms with van der Waals surface area (Å²) >= 11 is 0. The van der Waals surface area contributed by atoms with Crippen molar-refractivity contribution < 1.29 is 4.74 Å². The molecule has 1 aliphatic rings. The highest BCUT2D eigenvalue weighted by Gasteiger charge is 2.30. The van der Waals surface area contributed by atoms with Crippen LogP contribution in [-0.2, 0) is 4.74 Å². The van der Waals surface area contributed by atoms with Crippen LogP contribution in [0.15, 0.2) is 0 Å². The molecule has 0 heterocycles. The first-order valence-electron chi connectivity index (χ1n) is 4.98. The highest BCUT2D eigenvalue weighted by atomic mass is 16.5. The van der Waals surface area contributed by atoms with E-state index in [-0.39, 0.29) is 0 Å². The minimum atomic E-state index is 0.646. The number of nitrogens with one attached hydrogen (secondary N) is 1. The van der Waals surface area contributed by atoms with Crippen LogP contribution < -0.4 is 5.32 Å². The van der Waals surface area contributed by atoms with Crippen molar-refractivity contribution in [2.45, 2.75) is 32.7 Å². The van der Waals surface area contributed by atoms with E-state index >= 15 is 0 Å². The molecule has 1 aliphatic carbocycles. The van der Waals surface area contributed by atoms with E-state index in [0.29, 0.717) is 6.04 Å². The van der Waals surface area contributed by atoms with Gasteiger partial charge in [0, 0.05) is 19.7 Å². The van der Waals surface area contributed by atoms with E-state index in [9.17, 15) is 0 Å². The number of hydrogen-bond donors (Lipinski definition) is 1. The van der Waals surface area contributed by atoms with E-state index in [2.05, 4.69) is 19.2 Å². The average Bonchev–Trinajstić information content (AvgIpc) is 2.86. The van der Waals surface area contributed by atoms with Crippen molar-refractivity contribution in [3.05, 3.63) is 0 Å². The van der Waals surface area contributed by atoms with Gasteiger partial charge < -0.3 is 10.1 Å². The topological polar surface area (TPSA) is 21.3 Å². The first-order valence-corrected chi connectivity index (χ1v) is 4.98. The van der Waals surface area contributed by atoms with Gasteiger partial charge in [-0.25, -0.2) is 0 Å². The zero-order chi connectivity index (χ0) is 8.97. The van der Waals surface area contributed by atoms with Crippen LogP contribution >= 0.6 is 0 Å². The van der Waals surface area contributed by atoms with E-state index in [0.717, 1.165) is 25.0 Å². The summed E-state index contributed by atoms with van der Waals surface area (Å²) in [7, 11) is 1.75. The minimum absolute atomic E-state index is 0.646. The number of rotatable bonds is 6. The Bertz CT molecular complexity index is 123. The van der Waals surface area contributed by atoms with Crippen LogP contribution in [0.5, 0.6) is 0 Å². The monoisotopic (exact) mass is 171 g/mol. The lowest BCUT2D eigenvalue weighted by Gasteiger charge is -2.20. The van der Waals surface area contributed by atoms with Gasteiger partial charge in [0.2, 0.25) is 0 Å². The first kappa shape index (κ1) is 10.0. The fourth-order valence-corrected chi connectivity index (χ4v) is 1.60. The van der Waals surface area contributed by atoms with Gasteiger partial charge in [-0.3, -0.25) is 0 Å². The number of hydrogen-bond acceptors (Lipinski definition) is 2. The van der Waals surface area contributed by atoms with Crippen molar-refractivity contribution in [1.29, 1.82) is 0 Å². The molecule has 0 aromatic rings. The van der Waals surface area contributed by atoms with Gasteiger partial charge in [0.25, 0.3) is 0 Å². The maximum atomic E-state index is 4.99. The predicted molar refractivity (Wildman–Crippen MR) is 51.2 cm³/mol. The molecule has 2 heteroatoms. The van der Waals surface area contributed by atoms with Crippen LogP contribution in [0, 0.1) is 11.8 Å². The molecule has 0 radical (unpaired) electrons. The molecule has 1 N–H and O–H groups in total. The molecule has 0 spiro atoms. The molecule has 72 valence electrons. The zero-order valence-corrected chi connectivity index (χ0v) is 8.47. The van der Waals surface area contributed by atoms with Gasteiger partial charge in [-0.15, -0.1) is 0 Å². The minimum Gasteiger partial charge on any atom is -0.383 e. The molecule has 0 aromatic carbocycles. The predicted octanol–water partition coefficient (Wildman–Crippen LogP) is 1.66. The molecular weight excluding hydrogens is 150 g/mol. The van der Waals surface area contributed by atoms with Crippen LogP contribution in [0.2, 0.25) is 0 Å². The Hall–Kier alpha value is -0.0800. The van der Waals surface area contributed by atoms with E-state index < -0.39 is 0 Å². The molecule has 2 nitrogen and oxygen atoms in total. The second-order valence-electron chi connectivity index (χ2n) is 3.93. The third-order valence-electron chi connectivity index (χ3n) is 2.93. The van der Waals surface area contributed by atoms with E-state index in [1.54, 1.807) is 7.11 Å². The highest BCUT2D eigenvalue weighted by molar-refractivity contribution is 4.84. The Morgan fingerprint density at radius 3 is 2.58 bits per heavy atom. The molecule has 0 amide bonds. The summed E-state index contributed by atoms with van der Waals surface area (Å²) in [5, 5.41) is 3.48. The molecule has 1 saturated carbocycles. The summed E-state index contributed by atoms with van der Waals surface area (Å²) in [6.45, 7) is 6.43. The van der Waals surface area contributed by atoms with Crippen molar-refractivity contribution >= 4 is 0 Å². The van der Waals surface area contributed by atoms with Crippen LogP contribution in [-0.4, -0.2) is 26.3 Å². The van der Waals surface area contributed by atoms with Crippen molar-refractivity contribution in [2.24, 2.45) is 11.8 Å². The SMILES string of the molecule is COCCNC(C)C(C)C1CC1. The lowest BCUT2D eigenvalue weighted by atomic mass is 9.98. The molecule has 0 saturated heterocycles. The smallest absolute Gasteiger partial charge is 0.0587 e. The van der Waals surface area contributed by atoms with Gasteiger partial charge in [-0.05, 0) is 31.6 Å². The normalized spacial score (nSPS) is 22.2. The number of methoxy groups -OCH3 is 1. The zero-order valence-electron chi connectivity index (χ0n) is 8.47. The van der Waals surface area contributed by atoms with Crippen molar-refractivity contribution in [1.82, 2.24) is 5.32 Å². The third kappa shape index (κ3) is 3.11. The van der Waals surface area contributed by atoms with Gasteiger partial charge in [0.15, 0.2) is 0 Å². The van der Waals surface area contributed by atoms with Crippen LogP contribution in [0.25, 0.3) is 0 Å². The summed E-state index contributed by atoms with van der Waals surface area (Å²) in [5.41, 5.74) is 0. The highest BCUT2D eigenvalue weighted by Crippen LogP contribution is 2.37. The molecule has 0 aliphatic heterocycles. The van der Waals surface area contributed by atoms with Gasteiger partial charge in [-0.1, -0.05) is 6.92 Å². The lowest BCUT2D eigenvalue weighted by Crippen LogP contribution is -2.35. The summed E-state index contributed by atoms with van der Waals surface area (Å²) in [6.07, 6.45) is 2.88. The molecule has 0 bridgehead atoms. The Balaban J connectivity index is 2.04. The van der Waals surface area contributed by atoms with Crippen LogP contribution in [0.4, 0.5) is 0 Å². The van der Waals surface area contributed by atoms with E-state index in [1.165, 1.54) is 12.8 Å². The second-order valence-corrected chi connectivity index (χ2v) is 3.93. The molecule has 1 fully saturated rings. The third-order valence-corrected chi connectivity index (χ3v) is 2.93. The van der Waals surface area contributed by atoms with Crippen LogP contribution in [0.3, 0.4) is 0 Å². The lowest BCUT2D eigenvalue weighted by molar-refractivity contribution is 0.191. The standard InChI is InChI=1S/C10H21NO/c1-8(10-4-5-10)9(2)11-6-7-12-3/h8-11H,4-7H2,1-3H3. The van der Waals surface area contributed by atoms with Gasteiger partial charge >= 0.3 is 0 Å². The van der Waals surface area contributed by atoms with Gasteiger partial charge in [0.05, 0.1) is 6.61 Å². The van der Waals surface area contributed by atoms with Crippen molar-refractivity contribution in [3.8, 4) is 0 Å². The quantitative estimate of drug-likeness (QED) is 0.614. The molecular formula is C10H21NO. The first-order chi connectivity index (χ1) is 5.75. The fraction of sp³-hybridized carbons (Fsp3) is 1.00. The fourth-order valence-electron chi connectivity index (χ4n) is 1.60. The summed E-state index contributed by atoms with van der Waals surface area (Å²) in [5.74, 6) is 1.83. The molecule has 2 unspecified atom stereocenters. The van der Waals surface area contributed by atoms with Crippen molar-refractivity contribution in [3.63, 3.8) is 0 Å². The maximum absolute atomic E-state index is 4.99. The second kappa shape index (κ2) is 4.83. The summed E-state index contributed by atoms with van der Waals surface area (Å²) < 4.78 is 4.99. The maximum Gasteiger partial charge on any atom is 0.0587 e. The van der Waals surface area contributed by atoms with Crippen molar-refractivity contribution in [2.75, 3.05) is 20.3 Å². The van der Waals surface area contributed by atoms with Gasteiger partial charge in [0.1, 0.15) is 0 Å². The summed E-state index contributed by atoms with van der Waals surface area (Å²) in [6, 6.07) is 0.646. The Morgan fingerprint density at radius 2 is 2.08 bits per heavy atom. The Kier molecular flexibility index (Phi) is 4.02. The molecule has 12 heavy (non-hydrogen) atoms. The molecule has 1 rings (SSSR count). The van der Waals surface area contributed by atoms with E-state index in [1.807, 2.05) is 0 Å². The summed E-state index contributed by atoms with van der Waals surface area (Å²) in [4.78, 5) is 0. The Morgan fingerprint density at radius 1 is 1.42 bits per heavy atom. The van der Waals surface area contributed by atoms with E-state index in [4.69, 9.17) is 4.74 Å².